The lowest BCUT2D eigenvalue weighted by atomic mass is 10.2. The average molecular weight is 415 g/mol. The minimum atomic E-state index is -1.27. The van der Waals surface area contributed by atoms with Gasteiger partial charge in [0.2, 0.25) is 5.82 Å². The molecule has 25 heavy (non-hydrogen) atoms. The number of esters is 1. The molecule has 0 bridgehead atoms. The smallest absolute Gasteiger partial charge is 0.350 e. The number of rotatable bonds is 9. The maximum absolute atomic E-state index is 12.0. The van der Waals surface area contributed by atoms with Crippen molar-refractivity contribution in [3.8, 4) is 0 Å². The third-order valence-electron chi connectivity index (χ3n) is 3.27. The van der Waals surface area contributed by atoms with Crippen LogP contribution in [0, 0.1) is 17.0 Å². The van der Waals surface area contributed by atoms with Crippen LogP contribution in [0.1, 0.15) is 49.1 Å². The Labute approximate surface area is 159 Å². The van der Waals surface area contributed by atoms with Crippen molar-refractivity contribution in [1.82, 2.24) is 9.55 Å². The van der Waals surface area contributed by atoms with E-state index in [1.807, 2.05) is 0 Å². The van der Waals surface area contributed by atoms with Crippen molar-refractivity contribution in [2.24, 2.45) is 0 Å². The van der Waals surface area contributed by atoms with E-state index >= 15 is 0 Å². The quantitative estimate of drug-likeness (QED) is 0.199. The number of unbranched alkanes of at least 4 members (excludes halogenated alkanes) is 2. The normalized spacial score (nSPS) is 11.4. The molecule has 11 heteroatoms. The molecule has 0 atom stereocenters. The van der Waals surface area contributed by atoms with E-state index in [4.69, 9.17) is 39.5 Å². The molecule has 0 unspecified atom stereocenters. The van der Waals surface area contributed by atoms with Gasteiger partial charge >= 0.3 is 17.7 Å². The predicted molar refractivity (Wildman–Crippen MR) is 93.2 cm³/mol. The fraction of sp³-hybridized carbons (Fsp3) is 0.643. The number of alkyl halides is 3. The first-order valence-corrected chi connectivity index (χ1v) is 8.69. The molecule has 0 radical (unpaired) electrons. The second-order valence-electron chi connectivity index (χ2n) is 5.30. The number of carbonyl (C=O) groups is 2. The van der Waals surface area contributed by atoms with E-state index in [1.54, 1.807) is 0 Å². The van der Waals surface area contributed by atoms with Gasteiger partial charge in [-0.2, -0.15) is 0 Å². The second kappa shape index (κ2) is 9.94. The van der Waals surface area contributed by atoms with Crippen LogP contribution in [0.25, 0.3) is 0 Å². The van der Waals surface area contributed by atoms with Gasteiger partial charge in [-0.3, -0.25) is 4.79 Å². The molecule has 0 aromatic carbocycles. The summed E-state index contributed by atoms with van der Waals surface area (Å²) in [6.45, 7) is 1.68. The molecular formula is C14H18Cl3N3O5. The second-order valence-corrected chi connectivity index (χ2v) is 7.81. The lowest BCUT2D eigenvalue weighted by Gasteiger charge is -2.09. The molecule has 0 aliphatic carbocycles. The Bertz CT molecular complexity index is 628. The van der Waals surface area contributed by atoms with Crippen LogP contribution in [-0.2, 0) is 9.53 Å². The standard InChI is InChI=1S/C14H18Cl3N3O5/c1-10-18-9-11(20(23)24)19(10)12(21)5-6-13(22)25-8-4-2-3-7-14(15,16)17/h9H,2-8H2,1H3. The summed E-state index contributed by atoms with van der Waals surface area (Å²) in [7, 11) is 0. The van der Waals surface area contributed by atoms with Crippen LogP contribution in [0.4, 0.5) is 5.82 Å². The van der Waals surface area contributed by atoms with E-state index in [2.05, 4.69) is 4.98 Å². The Morgan fingerprint density at radius 1 is 1.28 bits per heavy atom. The van der Waals surface area contributed by atoms with E-state index in [1.165, 1.54) is 6.92 Å². The molecule has 0 N–H and O–H groups in total. The first kappa shape index (κ1) is 21.7. The Kier molecular flexibility index (Phi) is 8.61. The summed E-state index contributed by atoms with van der Waals surface area (Å²) in [6.07, 6.45) is 3.10. The number of hydrogen-bond donors (Lipinski definition) is 0. The summed E-state index contributed by atoms with van der Waals surface area (Å²) in [4.78, 5) is 37.5. The number of hydrogen-bond acceptors (Lipinski definition) is 6. The molecular weight excluding hydrogens is 397 g/mol. The first-order chi connectivity index (χ1) is 11.6. The number of carbonyl (C=O) groups excluding carboxylic acids is 2. The number of aromatic nitrogens is 2. The van der Waals surface area contributed by atoms with E-state index in [0.29, 0.717) is 19.3 Å². The van der Waals surface area contributed by atoms with E-state index < -0.39 is 26.4 Å². The fourth-order valence-electron chi connectivity index (χ4n) is 2.05. The van der Waals surface area contributed by atoms with Gasteiger partial charge in [0.05, 0.1) is 19.4 Å². The number of halogens is 3. The monoisotopic (exact) mass is 413 g/mol. The zero-order valence-corrected chi connectivity index (χ0v) is 15.8. The zero-order valence-electron chi connectivity index (χ0n) is 13.5. The Morgan fingerprint density at radius 2 is 1.96 bits per heavy atom. The van der Waals surface area contributed by atoms with Gasteiger partial charge in [0, 0.05) is 6.92 Å². The van der Waals surface area contributed by atoms with Gasteiger partial charge in [0.15, 0.2) is 3.79 Å². The largest absolute Gasteiger partial charge is 0.466 e. The number of nitrogens with zero attached hydrogens (tertiary/aromatic N) is 3. The number of ether oxygens (including phenoxy) is 1. The summed E-state index contributed by atoms with van der Waals surface area (Å²) in [5.41, 5.74) is 0. The van der Waals surface area contributed by atoms with Gasteiger partial charge in [-0.15, -0.1) is 4.57 Å². The van der Waals surface area contributed by atoms with E-state index in [-0.39, 0.29) is 25.3 Å². The summed E-state index contributed by atoms with van der Waals surface area (Å²) in [5.74, 6) is -1.36. The molecule has 0 aliphatic rings. The topological polar surface area (TPSA) is 104 Å². The van der Waals surface area contributed by atoms with Crippen LogP contribution < -0.4 is 0 Å². The molecule has 0 fully saturated rings. The first-order valence-electron chi connectivity index (χ1n) is 7.56. The fourth-order valence-corrected chi connectivity index (χ4v) is 2.45. The minimum absolute atomic E-state index is 0.165. The predicted octanol–water partition coefficient (Wildman–Crippen LogP) is 3.99. The highest BCUT2D eigenvalue weighted by Crippen LogP contribution is 2.31. The van der Waals surface area contributed by atoms with Crippen molar-refractivity contribution in [2.75, 3.05) is 6.61 Å². The van der Waals surface area contributed by atoms with E-state index in [0.717, 1.165) is 17.2 Å². The van der Waals surface area contributed by atoms with Crippen molar-refractivity contribution in [2.45, 2.75) is 49.2 Å². The summed E-state index contributed by atoms with van der Waals surface area (Å²) >= 11 is 16.8. The van der Waals surface area contributed by atoms with Crippen LogP contribution in [0.15, 0.2) is 6.20 Å². The van der Waals surface area contributed by atoms with Crippen molar-refractivity contribution in [1.29, 1.82) is 0 Å². The molecule has 1 aromatic rings. The van der Waals surface area contributed by atoms with Gasteiger partial charge in [-0.05, 0) is 30.6 Å². The SMILES string of the molecule is Cc1ncc([N+](=O)[O-])n1C(=O)CCC(=O)OCCCCCC(Cl)(Cl)Cl. The summed E-state index contributed by atoms with van der Waals surface area (Å²) < 4.78 is 4.61. The highest BCUT2D eigenvalue weighted by molar-refractivity contribution is 6.67. The van der Waals surface area contributed by atoms with Gasteiger partial charge in [0.25, 0.3) is 0 Å². The van der Waals surface area contributed by atoms with Crippen molar-refractivity contribution >= 4 is 52.5 Å². The average Bonchev–Trinajstić information content (AvgIpc) is 2.89. The molecule has 0 saturated heterocycles. The van der Waals surface area contributed by atoms with Crippen LogP contribution in [0.5, 0.6) is 0 Å². The van der Waals surface area contributed by atoms with Crippen LogP contribution in [0.2, 0.25) is 0 Å². The number of aryl methyl sites for hydroxylation is 1. The van der Waals surface area contributed by atoms with Crippen LogP contribution >= 0.6 is 34.8 Å². The Balaban J connectivity index is 2.29. The number of imidazole rings is 1. The van der Waals surface area contributed by atoms with Crippen LogP contribution in [0.3, 0.4) is 0 Å². The highest BCUT2D eigenvalue weighted by atomic mass is 35.6. The molecule has 1 rings (SSSR count). The molecule has 0 amide bonds. The van der Waals surface area contributed by atoms with Crippen LogP contribution in [-0.4, -0.2) is 36.8 Å². The van der Waals surface area contributed by atoms with Crippen molar-refractivity contribution < 1.29 is 19.2 Å². The molecule has 0 saturated carbocycles. The molecule has 0 aliphatic heterocycles. The highest BCUT2D eigenvalue weighted by Gasteiger charge is 2.25. The lowest BCUT2D eigenvalue weighted by molar-refractivity contribution is -0.390. The Morgan fingerprint density at radius 3 is 2.56 bits per heavy atom. The van der Waals surface area contributed by atoms with Gasteiger partial charge in [-0.25, -0.2) is 9.78 Å². The maximum Gasteiger partial charge on any atom is 0.350 e. The molecule has 1 aromatic heterocycles. The van der Waals surface area contributed by atoms with Crippen molar-refractivity contribution in [3.05, 3.63) is 22.1 Å². The lowest BCUT2D eigenvalue weighted by Crippen LogP contribution is -2.17. The van der Waals surface area contributed by atoms with Gasteiger partial charge in [-0.1, -0.05) is 34.8 Å². The molecule has 140 valence electrons. The molecule has 0 spiro atoms. The summed E-state index contributed by atoms with van der Waals surface area (Å²) in [5, 5.41) is 10.8. The third-order valence-corrected chi connectivity index (χ3v) is 3.83. The zero-order chi connectivity index (χ0) is 19.0. The van der Waals surface area contributed by atoms with E-state index in [9.17, 15) is 19.7 Å². The Hall–Kier alpha value is -1.38. The minimum Gasteiger partial charge on any atom is -0.466 e. The molecule has 8 nitrogen and oxygen atoms in total. The number of nitro groups is 1. The summed E-state index contributed by atoms with van der Waals surface area (Å²) in [6, 6.07) is 0. The maximum atomic E-state index is 12.0. The van der Waals surface area contributed by atoms with Gasteiger partial charge in [0.1, 0.15) is 6.20 Å². The van der Waals surface area contributed by atoms with Gasteiger partial charge < -0.3 is 14.9 Å². The molecule has 1 heterocycles. The van der Waals surface area contributed by atoms with Crippen molar-refractivity contribution in [3.63, 3.8) is 0 Å². The third kappa shape index (κ3) is 8.02.